The van der Waals surface area contributed by atoms with Crippen LogP contribution in [0.5, 0.6) is 5.75 Å². The van der Waals surface area contributed by atoms with E-state index in [4.69, 9.17) is 9.47 Å². The summed E-state index contributed by atoms with van der Waals surface area (Å²) in [5.74, 6) is 0.912. The van der Waals surface area contributed by atoms with Gasteiger partial charge in [-0.15, -0.1) is 0 Å². The Kier molecular flexibility index (Phi) is 7.88. The van der Waals surface area contributed by atoms with Gasteiger partial charge in [-0.3, -0.25) is 0 Å². The first kappa shape index (κ1) is 21.5. The second kappa shape index (κ2) is 9.91. The maximum Gasteiger partial charge on any atom is 0.119 e. The van der Waals surface area contributed by atoms with Crippen molar-refractivity contribution in [3.05, 3.63) is 65.7 Å². The Morgan fingerprint density at radius 1 is 0.852 bits per heavy atom. The number of ether oxygens (including phenoxy) is 2. The van der Waals surface area contributed by atoms with Gasteiger partial charge in [0.05, 0.1) is 27.3 Å². The molecule has 27 heavy (non-hydrogen) atoms. The molecule has 0 spiro atoms. The maximum atomic E-state index is 5.81. The number of benzene rings is 2. The molecule has 3 nitrogen and oxygen atoms in total. The second-order valence-electron chi connectivity index (χ2n) is 8.53. The Labute approximate surface area is 165 Å². The molecular formula is C24H36NO2+. The molecule has 0 aromatic heterocycles. The molecule has 0 heterocycles. The number of quaternary nitrogens is 1. The average Bonchev–Trinajstić information content (AvgIpc) is 2.65. The lowest BCUT2D eigenvalue weighted by atomic mass is 9.82. The van der Waals surface area contributed by atoms with Gasteiger partial charge in [-0.05, 0) is 29.5 Å². The minimum atomic E-state index is 0.215. The monoisotopic (exact) mass is 370 g/mol. The summed E-state index contributed by atoms with van der Waals surface area (Å²) in [6.45, 7) is 10.7. The molecule has 0 aliphatic heterocycles. The zero-order valence-corrected chi connectivity index (χ0v) is 17.7. The van der Waals surface area contributed by atoms with Crippen molar-refractivity contribution >= 4 is 0 Å². The fourth-order valence-corrected chi connectivity index (χ4v) is 3.00. The quantitative estimate of drug-likeness (QED) is 0.407. The Morgan fingerprint density at radius 3 is 2.15 bits per heavy atom. The summed E-state index contributed by atoms with van der Waals surface area (Å²) >= 11 is 0. The molecule has 2 aromatic rings. The van der Waals surface area contributed by atoms with Crippen molar-refractivity contribution in [2.45, 2.75) is 39.2 Å². The molecule has 148 valence electrons. The van der Waals surface area contributed by atoms with E-state index < -0.39 is 0 Å². The van der Waals surface area contributed by atoms with Crippen molar-refractivity contribution in [1.82, 2.24) is 0 Å². The normalized spacial score (nSPS) is 12.2. The Morgan fingerprint density at radius 2 is 1.52 bits per heavy atom. The number of rotatable bonds is 11. The number of hydrogen-bond acceptors (Lipinski definition) is 2. The van der Waals surface area contributed by atoms with Gasteiger partial charge in [0.25, 0.3) is 0 Å². The third-order valence-corrected chi connectivity index (χ3v) is 5.31. The molecule has 0 atom stereocenters. The summed E-state index contributed by atoms with van der Waals surface area (Å²) in [5.41, 5.74) is 2.93. The molecule has 2 rings (SSSR count). The second-order valence-corrected chi connectivity index (χ2v) is 8.53. The minimum Gasteiger partial charge on any atom is -0.491 e. The van der Waals surface area contributed by atoms with Gasteiger partial charge in [0.15, 0.2) is 0 Å². The highest BCUT2D eigenvalue weighted by Crippen LogP contribution is 2.27. The summed E-state index contributed by atoms with van der Waals surface area (Å²) in [6.07, 6.45) is 1.13. The lowest BCUT2D eigenvalue weighted by Crippen LogP contribution is -2.41. The van der Waals surface area contributed by atoms with E-state index in [0.29, 0.717) is 13.2 Å². The number of nitrogens with zero attached hydrogens (tertiary/aromatic N) is 1. The van der Waals surface area contributed by atoms with Crippen LogP contribution in [0, 0.1) is 0 Å². The minimum absolute atomic E-state index is 0.215. The third kappa shape index (κ3) is 7.36. The molecule has 0 aliphatic rings. The molecular weight excluding hydrogens is 334 g/mol. The van der Waals surface area contributed by atoms with Gasteiger partial charge < -0.3 is 14.0 Å². The van der Waals surface area contributed by atoms with Crippen LogP contribution in [-0.4, -0.2) is 44.9 Å². The van der Waals surface area contributed by atoms with Crippen molar-refractivity contribution < 1.29 is 14.0 Å². The highest BCUT2D eigenvalue weighted by Gasteiger charge is 2.17. The topological polar surface area (TPSA) is 18.5 Å². The lowest BCUT2D eigenvalue weighted by Gasteiger charge is -2.29. The third-order valence-electron chi connectivity index (χ3n) is 5.31. The highest BCUT2D eigenvalue weighted by molar-refractivity contribution is 5.31. The van der Waals surface area contributed by atoms with Gasteiger partial charge >= 0.3 is 0 Å². The molecule has 0 radical (unpaired) electrons. The Bertz CT molecular complexity index is 663. The molecule has 0 saturated heterocycles. The SMILES string of the molecule is CCC(C)(C)c1ccc(OCCOCC[N+](C)(C)Cc2ccccc2)cc1. The lowest BCUT2D eigenvalue weighted by molar-refractivity contribution is -0.904. The smallest absolute Gasteiger partial charge is 0.119 e. The zero-order chi connectivity index (χ0) is 19.8. The van der Waals surface area contributed by atoms with E-state index >= 15 is 0 Å². The van der Waals surface area contributed by atoms with Crippen LogP contribution in [0.25, 0.3) is 0 Å². The summed E-state index contributed by atoms with van der Waals surface area (Å²) < 4.78 is 12.5. The Hall–Kier alpha value is -1.84. The summed E-state index contributed by atoms with van der Waals surface area (Å²) in [5, 5.41) is 0. The van der Waals surface area contributed by atoms with Crippen LogP contribution >= 0.6 is 0 Å². The first-order valence-electron chi connectivity index (χ1n) is 9.99. The van der Waals surface area contributed by atoms with Crippen molar-refractivity contribution in [2.24, 2.45) is 0 Å². The maximum absolute atomic E-state index is 5.81. The molecule has 0 N–H and O–H groups in total. The predicted octanol–water partition coefficient (Wildman–Crippen LogP) is 5.05. The van der Waals surface area contributed by atoms with Crippen LogP contribution in [-0.2, 0) is 16.7 Å². The first-order valence-corrected chi connectivity index (χ1v) is 9.99. The van der Waals surface area contributed by atoms with E-state index in [-0.39, 0.29) is 5.41 Å². The van der Waals surface area contributed by atoms with Crippen molar-refractivity contribution in [3.63, 3.8) is 0 Å². The van der Waals surface area contributed by atoms with Crippen LogP contribution in [0.4, 0.5) is 0 Å². The number of likely N-dealkylation sites (N-methyl/N-ethyl adjacent to an activating group) is 1. The molecule has 2 aromatic carbocycles. The number of hydrogen-bond donors (Lipinski definition) is 0. The standard InChI is InChI=1S/C24H36NO2/c1-6-24(2,3)22-12-14-23(15-13-22)27-19-18-26-17-16-25(4,5)20-21-10-8-7-9-11-21/h7-15H,6,16-20H2,1-5H3/q+1. The first-order chi connectivity index (χ1) is 12.8. The van der Waals surface area contributed by atoms with Crippen molar-refractivity contribution in [2.75, 3.05) is 40.5 Å². The van der Waals surface area contributed by atoms with Crippen LogP contribution in [0.3, 0.4) is 0 Å². The summed E-state index contributed by atoms with van der Waals surface area (Å²) in [7, 11) is 4.48. The van der Waals surface area contributed by atoms with Crippen LogP contribution < -0.4 is 4.74 Å². The fraction of sp³-hybridized carbons (Fsp3) is 0.500. The molecule has 0 fully saturated rings. The van der Waals surface area contributed by atoms with Crippen molar-refractivity contribution in [1.29, 1.82) is 0 Å². The van der Waals surface area contributed by atoms with Gasteiger partial charge in [0.2, 0.25) is 0 Å². The van der Waals surface area contributed by atoms with E-state index in [9.17, 15) is 0 Å². The van der Waals surface area contributed by atoms with Crippen LogP contribution in [0.15, 0.2) is 54.6 Å². The van der Waals surface area contributed by atoms with Gasteiger partial charge in [-0.25, -0.2) is 0 Å². The van der Waals surface area contributed by atoms with E-state index in [1.165, 1.54) is 11.1 Å². The van der Waals surface area contributed by atoms with E-state index in [2.05, 4.69) is 89.5 Å². The fourth-order valence-electron chi connectivity index (χ4n) is 3.00. The largest absolute Gasteiger partial charge is 0.491 e. The van der Waals surface area contributed by atoms with Gasteiger partial charge in [0, 0.05) is 5.56 Å². The van der Waals surface area contributed by atoms with E-state index in [1.54, 1.807) is 0 Å². The van der Waals surface area contributed by atoms with Crippen LogP contribution in [0.2, 0.25) is 0 Å². The molecule has 0 amide bonds. The molecule has 0 saturated carbocycles. The molecule has 3 heteroatoms. The van der Waals surface area contributed by atoms with Gasteiger partial charge in [-0.2, -0.15) is 0 Å². The van der Waals surface area contributed by atoms with Gasteiger partial charge in [-0.1, -0.05) is 63.2 Å². The summed E-state index contributed by atoms with van der Waals surface area (Å²) in [6, 6.07) is 19.1. The highest BCUT2D eigenvalue weighted by atomic mass is 16.5. The predicted molar refractivity (Wildman–Crippen MR) is 113 cm³/mol. The van der Waals surface area contributed by atoms with E-state index in [0.717, 1.165) is 36.3 Å². The van der Waals surface area contributed by atoms with Gasteiger partial charge in [0.1, 0.15) is 25.4 Å². The average molecular weight is 371 g/mol. The molecule has 0 bridgehead atoms. The van der Waals surface area contributed by atoms with E-state index in [1.807, 2.05) is 0 Å². The van der Waals surface area contributed by atoms with Crippen molar-refractivity contribution in [3.8, 4) is 5.75 Å². The zero-order valence-electron chi connectivity index (χ0n) is 17.7. The molecule has 0 unspecified atom stereocenters. The Balaban J connectivity index is 1.64. The summed E-state index contributed by atoms with van der Waals surface area (Å²) in [4.78, 5) is 0. The molecule has 0 aliphatic carbocycles. The van der Waals surface area contributed by atoms with Crippen LogP contribution in [0.1, 0.15) is 38.3 Å².